The third-order valence-corrected chi connectivity index (χ3v) is 6.56. The number of Topliss-reactive ketones (excluding diaryl/α,β-unsaturated/α-hetero) is 1. The topological polar surface area (TPSA) is 69.6 Å². The standard InChI is InChI=1S/C20H19Br2NO3/c21-10-4-6-16(24)14(8-10)18-12-2-1-3-13(20(12)26)19(23-18)15-9-11(22)5-7-17(15)25/h4-9,12-13,18-19,23-25H,1-3H2/t12-,13-,18+,19+/m0/s1. The summed E-state index contributed by atoms with van der Waals surface area (Å²) in [6.07, 6.45) is 2.60. The molecule has 6 heteroatoms. The summed E-state index contributed by atoms with van der Waals surface area (Å²) < 4.78 is 1.72. The summed E-state index contributed by atoms with van der Waals surface area (Å²) in [6.45, 7) is 0. The second kappa shape index (κ2) is 6.98. The minimum atomic E-state index is -0.278. The van der Waals surface area contributed by atoms with Crippen LogP contribution in [-0.4, -0.2) is 16.0 Å². The van der Waals surface area contributed by atoms with Gasteiger partial charge < -0.3 is 15.5 Å². The van der Waals surface area contributed by atoms with Crippen LogP contribution in [-0.2, 0) is 4.79 Å². The molecular formula is C20H19Br2NO3. The molecule has 26 heavy (non-hydrogen) atoms. The van der Waals surface area contributed by atoms with Gasteiger partial charge in [0.25, 0.3) is 0 Å². The second-order valence-electron chi connectivity index (χ2n) is 7.07. The van der Waals surface area contributed by atoms with E-state index in [1.54, 1.807) is 24.3 Å². The summed E-state index contributed by atoms with van der Waals surface area (Å²) in [5.74, 6) is 0.280. The minimum absolute atomic E-state index is 0.153. The minimum Gasteiger partial charge on any atom is -0.508 e. The van der Waals surface area contributed by atoms with Crippen LogP contribution in [0.25, 0.3) is 0 Å². The van der Waals surface area contributed by atoms with Gasteiger partial charge in [-0.05, 0) is 49.2 Å². The molecule has 0 unspecified atom stereocenters. The first-order valence-electron chi connectivity index (χ1n) is 8.72. The number of hydrogen-bond donors (Lipinski definition) is 3. The summed E-state index contributed by atoms with van der Waals surface area (Å²) in [5.41, 5.74) is 1.44. The Hall–Kier alpha value is -1.37. The van der Waals surface area contributed by atoms with Gasteiger partial charge in [-0.2, -0.15) is 0 Å². The molecule has 1 saturated heterocycles. The summed E-state index contributed by atoms with van der Waals surface area (Å²) in [7, 11) is 0. The first-order chi connectivity index (χ1) is 12.5. The van der Waals surface area contributed by atoms with Gasteiger partial charge in [0.1, 0.15) is 17.3 Å². The molecule has 3 N–H and O–H groups in total. The van der Waals surface area contributed by atoms with Crippen LogP contribution >= 0.6 is 31.9 Å². The van der Waals surface area contributed by atoms with Gasteiger partial charge in [-0.3, -0.25) is 4.79 Å². The fourth-order valence-electron chi connectivity index (χ4n) is 4.37. The van der Waals surface area contributed by atoms with Crippen molar-refractivity contribution in [3.8, 4) is 11.5 Å². The number of benzene rings is 2. The Kier molecular flexibility index (Phi) is 4.84. The number of aromatic hydroxyl groups is 2. The molecule has 2 aromatic rings. The van der Waals surface area contributed by atoms with Gasteiger partial charge in [-0.1, -0.05) is 38.3 Å². The molecule has 1 saturated carbocycles. The Balaban J connectivity index is 1.80. The molecule has 0 spiro atoms. The third-order valence-electron chi connectivity index (χ3n) is 5.57. The number of fused-ring (bicyclic) bond motifs is 2. The lowest BCUT2D eigenvalue weighted by Gasteiger charge is -2.45. The van der Waals surface area contributed by atoms with Crippen LogP contribution in [0, 0.1) is 11.8 Å². The van der Waals surface area contributed by atoms with Gasteiger partial charge in [-0.25, -0.2) is 0 Å². The predicted octanol–water partition coefficient (Wildman–Crippen LogP) is 4.99. The van der Waals surface area contributed by atoms with Crippen molar-refractivity contribution in [1.29, 1.82) is 0 Å². The summed E-state index contributed by atoms with van der Waals surface area (Å²) >= 11 is 6.91. The van der Waals surface area contributed by atoms with Gasteiger partial charge >= 0.3 is 0 Å². The van der Waals surface area contributed by atoms with E-state index in [2.05, 4.69) is 37.2 Å². The van der Waals surface area contributed by atoms with E-state index in [1.807, 2.05) is 12.1 Å². The SMILES string of the molecule is O=C1[C@H]2CCC[C@H]1[C@H](c1cc(Br)ccc1O)N[C@H]2c1cc(Br)ccc1O. The molecule has 4 nitrogen and oxygen atoms in total. The number of nitrogens with one attached hydrogen (secondary N) is 1. The Morgan fingerprint density at radius 3 is 1.77 bits per heavy atom. The van der Waals surface area contributed by atoms with E-state index in [9.17, 15) is 15.0 Å². The lowest BCUT2D eigenvalue weighted by Crippen LogP contribution is -2.50. The Morgan fingerprint density at radius 1 is 0.846 bits per heavy atom. The smallest absolute Gasteiger partial charge is 0.142 e. The monoisotopic (exact) mass is 479 g/mol. The quantitative estimate of drug-likeness (QED) is 0.566. The molecule has 0 amide bonds. The fraction of sp³-hybridized carbons (Fsp3) is 0.350. The van der Waals surface area contributed by atoms with Gasteiger partial charge in [0.2, 0.25) is 0 Å². The maximum absolute atomic E-state index is 13.1. The number of rotatable bonds is 2. The van der Waals surface area contributed by atoms with Crippen molar-refractivity contribution < 1.29 is 15.0 Å². The molecule has 2 bridgehead atoms. The zero-order chi connectivity index (χ0) is 18.4. The Bertz CT molecular complexity index is 803. The highest BCUT2D eigenvalue weighted by Gasteiger charge is 2.47. The molecule has 2 fully saturated rings. The zero-order valence-electron chi connectivity index (χ0n) is 14.0. The van der Waals surface area contributed by atoms with E-state index in [4.69, 9.17) is 0 Å². The molecule has 1 aliphatic heterocycles. The van der Waals surface area contributed by atoms with Crippen LogP contribution in [0.1, 0.15) is 42.5 Å². The molecule has 2 aromatic carbocycles. The van der Waals surface area contributed by atoms with E-state index in [0.717, 1.165) is 39.3 Å². The molecule has 1 heterocycles. The van der Waals surface area contributed by atoms with Gasteiger partial charge in [-0.15, -0.1) is 0 Å². The largest absolute Gasteiger partial charge is 0.508 e. The molecule has 2 aliphatic rings. The zero-order valence-corrected chi connectivity index (χ0v) is 17.1. The number of phenols is 2. The Morgan fingerprint density at radius 2 is 1.31 bits per heavy atom. The third kappa shape index (κ3) is 3.08. The number of carbonyl (C=O) groups is 1. The average Bonchev–Trinajstić information content (AvgIpc) is 2.60. The van der Waals surface area contributed by atoms with Crippen LogP contribution in [0.2, 0.25) is 0 Å². The summed E-state index contributed by atoms with van der Waals surface area (Å²) in [6, 6.07) is 10.0. The maximum Gasteiger partial charge on any atom is 0.142 e. The van der Waals surface area contributed by atoms with Gasteiger partial charge in [0.15, 0.2) is 0 Å². The van der Waals surface area contributed by atoms with Crippen molar-refractivity contribution in [2.24, 2.45) is 11.8 Å². The van der Waals surface area contributed by atoms with Gasteiger partial charge in [0, 0.05) is 44.0 Å². The number of hydrogen-bond acceptors (Lipinski definition) is 4. The van der Waals surface area contributed by atoms with E-state index in [0.29, 0.717) is 0 Å². The first-order valence-corrected chi connectivity index (χ1v) is 10.3. The van der Waals surface area contributed by atoms with Crippen LogP contribution in [0.3, 0.4) is 0 Å². The van der Waals surface area contributed by atoms with Crippen molar-refractivity contribution in [3.63, 3.8) is 0 Å². The highest BCUT2D eigenvalue weighted by atomic mass is 79.9. The highest BCUT2D eigenvalue weighted by Crippen LogP contribution is 2.49. The molecule has 0 radical (unpaired) electrons. The highest BCUT2D eigenvalue weighted by molar-refractivity contribution is 9.10. The lowest BCUT2D eigenvalue weighted by atomic mass is 9.67. The molecule has 4 atom stereocenters. The number of carbonyl (C=O) groups excluding carboxylic acids is 1. The van der Waals surface area contributed by atoms with Crippen LogP contribution in [0.15, 0.2) is 45.3 Å². The van der Waals surface area contributed by atoms with E-state index < -0.39 is 0 Å². The fourth-order valence-corrected chi connectivity index (χ4v) is 5.12. The van der Waals surface area contributed by atoms with Crippen LogP contribution in [0.4, 0.5) is 0 Å². The number of ketones is 1. The average molecular weight is 481 g/mol. The Labute approximate surface area is 168 Å². The molecular weight excluding hydrogens is 462 g/mol. The van der Waals surface area contributed by atoms with Crippen molar-refractivity contribution in [2.45, 2.75) is 31.3 Å². The summed E-state index contributed by atoms with van der Waals surface area (Å²) in [4.78, 5) is 13.1. The number of piperidine rings is 1. The molecule has 4 rings (SSSR count). The number of halogens is 2. The van der Waals surface area contributed by atoms with Crippen molar-refractivity contribution in [2.75, 3.05) is 0 Å². The van der Waals surface area contributed by atoms with Crippen molar-refractivity contribution >= 4 is 37.6 Å². The maximum atomic E-state index is 13.1. The van der Waals surface area contributed by atoms with E-state index >= 15 is 0 Å². The van der Waals surface area contributed by atoms with E-state index in [1.165, 1.54) is 0 Å². The first kappa shape index (κ1) is 18.0. The summed E-state index contributed by atoms with van der Waals surface area (Å²) in [5, 5.41) is 24.4. The lowest BCUT2D eigenvalue weighted by molar-refractivity contribution is -0.135. The van der Waals surface area contributed by atoms with Crippen LogP contribution < -0.4 is 5.32 Å². The van der Waals surface area contributed by atoms with Crippen molar-refractivity contribution in [3.05, 3.63) is 56.5 Å². The van der Waals surface area contributed by atoms with Gasteiger partial charge in [0.05, 0.1) is 0 Å². The normalized spacial score (nSPS) is 28.2. The predicted molar refractivity (Wildman–Crippen MR) is 106 cm³/mol. The number of phenolic OH excluding ortho intramolecular Hbond substituents is 2. The molecule has 1 aliphatic carbocycles. The molecule has 0 aromatic heterocycles. The second-order valence-corrected chi connectivity index (χ2v) is 8.91. The van der Waals surface area contributed by atoms with Crippen LogP contribution in [0.5, 0.6) is 11.5 Å². The van der Waals surface area contributed by atoms with E-state index in [-0.39, 0.29) is 41.2 Å². The molecule has 136 valence electrons. The van der Waals surface area contributed by atoms with Crippen molar-refractivity contribution in [1.82, 2.24) is 5.32 Å².